The molecule has 0 bridgehead atoms. The summed E-state index contributed by atoms with van der Waals surface area (Å²) in [6.07, 6.45) is 0. The number of hydrogen-bond donors (Lipinski definition) is 2. The van der Waals surface area contributed by atoms with Crippen molar-refractivity contribution in [1.82, 2.24) is 0 Å². The summed E-state index contributed by atoms with van der Waals surface area (Å²) in [6, 6.07) is 14.7. The van der Waals surface area contributed by atoms with Gasteiger partial charge in [0.1, 0.15) is 11.5 Å². The Labute approximate surface area is 237 Å². The minimum absolute atomic E-state index is 0.312. The van der Waals surface area contributed by atoms with Gasteiger partial charge in [0.05, 0.1) is 23.3 Å². The maximum Gasteiger partial charge on any atom is 0.116 e. The molecule has 4 aromatic rings. The number of carbonyl (C=O) groups excluding carboxylic acids is 2. The average molecular weight is 591 g/mol. The molecule has 0 radical (unpaired) electrons. The molecular formula is C26H26N2O6S4-2. The third kappa shape index (κ3) is 10.2. The number of aromatic hydroxyl groups is 2. The van der Waals surface area contributed by atoms with E-state index in [1.165, 1.54) is 21.2 Å². The molecule has 12 heteroatoms. The van der Waals surface area contributed by atoms with Crippen LogP contribution in [0.2, 0.25) is 0 Å². The summed E-state index contributed by atoms with van der Waals surface area (Å²) >= 11 is 6.73. The SMILES string of the molecule is CN(C)c1cscc1Sc1cccc(O)c1.CN(C)c1cscc1Sc1cccc(O)c1.O=C([O-])C(=O)[O-]. The van der Waals surface area contributed by atoms with Crippen LogP contribution in [0.5, 0.6) is 11.5 Å². The van der Waals surface area contributed by atoms with Gasteiger partial charge in [-0.25, -0.2) is 0 Å². The lowest BCUT2D eigenvalue weighted by Crippen LogP contribution is -2.42. The van der Waals surface area contributed by atoms with E-state index >= 15 is 0 Å². The average Bonchev–Trinajstić information content (AvgIpc) is 3.50. The minimum atomic E-state index is -2.19. The van der Waals surface area contributed by atoms with Gasteiger partial charge in [0.15, 0.2) is 0 Å². The highest BCUT2D eigenvalue weighted by molar-refractivity contribution is 8.00. The Kier molecular flexibility index (Phi) is 12.3. The molecule has 4 rings (SSSR count). The van der Waals surface area contributed by atoms with Crippen LogP contribution in [0.1, 0.15) is 0 Å². The molecule has 8 nitrogen and oxygen atoms in total. The van der Waals surface area contributed by atoms with Crippen molar-refractivity contribution in [1.29, 1.82) is 0 Å². The summed E-state index contributed by atoms with van der Waals surface area (Å²) in [4.78, 5) is 26.6. The van der Waals surface area contributed by atoms with Crippen LogP contribution in [0.15, 0.2) is 89.6 Å². The van der Waals surface area contributed by atoms with Crippen molar-refractivity contribution < 1.29 is 30.0 Å². The number of phenols is 2. The maximum atomic E-state index is 9.40. The quantitative estimate of drug-likeness (QED) is 0.320. The Bertz CT molecular complexity index is 1230. The zero-order chi connectivity index (χ0) is 28.2. The van der Waals surface area contributed by atoms with Gasteiger partial charge in [0, 0.05) is 69.3 Å². The fourth-order valence-electron chi connectivity index (χ4n) is 2.71. The molecule has 2 N–H and O–H groups in total. The number of phenolic OH excluding ortho intramolecular Hbond substituents is 2. The molecule has 0 saturated heterocycles. The lowest BCUT2D eigenvalue weighted by molar-refractivity contribution is -0.345. The second kappa shape index (κ2) is 15.2. The van der Waals surface area contributed by atoms with Gasteiger partial charge in [-0.05, 0) is 36.4 Å². The van der Waals surface area contributed by atoms with Crippen LogP contribution in [-0.4, -0.2) is 50.3 Å². The van der Waals surface area contributed by atoms with E-state index < -0.39 is 11.9 Å². The fourth-order valence-corrected chi connectivity index (χ4v) is 6.99. The zero-order valence-electron chi connectivity index (χ0n) is 21.0. The van der Waals surface area contributed by atoms with E-state index in [0.29, 0.717) is 11.5 Å². The Morgan fingerprint density at radius 1 is 0.684 bits per heavy atom. The van der Waals surface area contributed by atoms with E-state index in [4.69, 9.17) is 19.8 Å². The monoisotopic (exact) mass is 590 g/mol. The number of anilines is 2. The van der Waals surface area contributed by atoms with Gasteiger partial charge < -0.3 is 39.8 Å². The number of thiophene rings is 2. The number of carboxylic acids is 2. The van der Waals surface area contributed by atoms with Crippen LogP contribution in [0.4, 0.5) is 11.4 Å². The first-order valence-electron chi connectivity index (χ1n) is 10.8. The van der Waals surface area contributed by atoms with Gasteiger partial charge in [0.2, 0.25) is 0 Å². The molecule has 0 saturated carbocycles. The summed E-state index contributed by atoms with van der Waals surface area (Å²) in [6.45, 7) is 0. The predicted octanol–water partition coefficient (Wildman–Crippen LogP) is 3.83. The molecule has 0 aliphatic heterocycles. The van der Waals surface area contributed by atoms with E-state index in [1.807, 2.05) is 52.5 Å². The first kappa shape index (κ1) is 30.9. The molecule has 2 heterocycles. The molecule has 202 valence electrons. The molecule has 2 aromatic carbocycles. The summed E-state index contributed by atoms with van der Waals surface area (Å²) in [5.41, 5.74) is 2.44. The summed E-state index contributed by atoms with van der Waals surface area (Å²) < 4.78 is 0. The van der Waals surface area contributed by atoms with E-state index in [2.05, 4.69) is 31.3 Å². The Balaban J connectivity index is 0.000000221. The predicted molar refractivity (Wildman–Crippen MR) is 152 cm³/mol. The van der Waals surface area contributed by atoms with Crippen LogP contribution < -0.4 is 20.0 Å². The third-order valence-corrected chi connectivity index (χ3v) is 8.27. The minimum Gasteiger partial charge on any atom is -0.543 e. The summed E-state index contributed by atoms with van der Waals surface area (Å²) in [5.74, 6) is -3.75. The fraction of sp³-hybridized carbons (Fsp3) is 0.154. The smallest absolute Gasteiger partial charge is 0.116 e. The lowest BCUT2D eigenvalue weighted by atomic mass is 10.3. The molecule has 0 fully saturated rings. The second-order valence-corrected chi connectivity index (χ2v) is 11.5. The van der Waals surface area contributed by atoms with E-state index in [0.717, 1.165) is 9.79 Å². The lowest BCUT2D eigenvalue weighted by Gasteiger charge is -2.12. The largest absolute Gasteiger partial charge is 0.543 e. The van der Waals surface area contributed by atoms with Gasteiger partial charge in [-0.1, -0.05) is 35.7 Å². The highest BCUT2D eigenvalue weighted by atomic mass is 32.2. The molecule has 0 atom stereocenters. The van der Waals surface area contributed by atoms with E-state index in [-0.39, 0.29) is 0 Å². The van der Waals surface area contributed by atoms with Crippen molar-refractivity contribution in [2.45, 2.75) is 19.6 Å². The van der Waals surface area contributed by atoms with Crippen LogP contribution in [0.3, 0.4) is 0 Å². The number of carbonyl (C=O) groups is 2. The number of hydrogen-bond acceptors (Lipinski definition) is 12. The normalized spacial score (nSPS) is 9.89. The number of benzene rings is 2. The second-order valence-electron chi connectivity index (χ2n) is 7.81. The zero-order valence-corrected chi connectivity index (χ0v) is 24.2. The van der Waals surface area contributed by atoms with Crippen molar-refractivity contribution in [3.05, 3.63) is 70.1 Å². The molecule has 2 aromatic heterocycles. The molecule has 0 aliphatic carbocycles. The van der Waals surface area contributed by atoms with E-state index in [1.54, 1.807) is 70.5 Å². The number of carboxylic acid groups (broad SMARTS) is 2. The summed E-state index contributed by atoms with van der Waals surface area (Å²) in [5, 5.41) is 45.2. The van der Waals surface area contributed by atoms with Gasteiger partial charge in [-0.3, -0.25) is 0 Å². The molecule has 0 amide bonds. The first-order valence-corrected chi connectivity index (χ1v) is 14.3. The number of aliphatic carboxylic acids is 2. The Hall–Kier alpha value is -3.32. The molecule has 0 aliphatic rings. The van der Waals surface area contributed by atoms with Crippen molar-refractivity contribution in [3.63, 3.8) is 0 Å². The van der Waals surface area contributed by atoms with Crippen LogP contribution >= 0.6 is 46.2 Å². The highest BCUT2D eigenvalue weighted by Gasteiger charge is 2.08. The number of nitrogens with zero attached hydrogens (tertiary/aromatic N) is 2. The summed E-state index contributed by atoms with van der Waals surface area (Å²) in [7, 11) is 8.15. The van der Waals surface area contributed by atoms with E-state index in [9.17, 15) is 10.2 Å². The van der Waals surface area contributed by atoms with Crippen LogP contribution in [0.25, 0.3) is 0 Å². The van der Waals surface area contributed by atoms with Gasteiger partial charge in [0.25, 0.3) is 0 Å². The van der Waals surface area contributed by atoms with Crippen molar-refractivity contribution >= 4 is 69.5 Å². The van der Waals surface area contributed by atoms with Crippen molar-refractivity contribution in [2.24, 2.45) is 0 Å². The third-order valence-electron chi connectivity index (χ3n) is 4.44. The van der Waals surface area contributed by atoms with Crippen molar-refractivity contribution in [3.8, 4) is 11.5 Å². The topological polar surface area (TPSA) is 127 Å². The first-order chi connectivity index (χ1) is 18.0. The molecule has 0 spiro atoms. The maximum absolute atomic E-state index is 9.40. The Morgan fingerprint density at radius 2 is 1.05 bits per heavy atom. The van der Waals surface area contributed by atoms with Gasteiger partial charge >= 0.3 is 0 Å². The molecule has 38 heavy (non-hydrogen) atoms. The van der Waals surface area contributed by atoms with Crippen molar-refractivity contribution in [2.75, 3.05) is 38.0 Å². The molecule has 0 unspecified atom stereocenters. The standard InChI is InChI=1S/2C12H13NOS2.C2H2O4/c2*1-13(2)11-7-15-8-12(11)16-10-5-3-4-9(14)6-10;3-1(4)2(5)6/h2*3-8,14H,1-2H3;(H,3,4)(H,5,6)/p-2. The highest BCUT2D eigenvalue weighted by Crippen LogP contribution is 2.39. The van der Waals surface area contributed by atoms with Crippen LogP contribution in [0, 0.1) is 0 Å². The Morgan fingerprint density at radius 3 is 1.34 bits per heavy atom. The van der Waals surface area contributed by atoms with Gasteiger partial charge in [-0.15, -0.1) is 22.7 Å². The van der Waals surface area contributed by atoms with Crippen LogP contribution in [-0.2, 0) is 9.59 Å². The number of rotatable bonds is 6. The van der Waals surface area contributed by atoms with Gasteiger partial charge in [-0.2, -0.15) is 0 Å². The molecular weight excluding hydrogens is 565 g/mol.